The molecule has 0 bridgehead atoms. The first-order valence-corrected chi connectivity index (χ1v) is 23.4. The molecule has 3 aromatic carbocycles. The van der Waals surface area contributed by atoms with E-state index in [0.29, 0.717) is 47.7 Å². The molecule has 70 heavy (non-hydrogen) atoms. The summed E-state index contributed by atoms with van der Waals surface area (Å²) in [6.07, 6.45) is 8.68. The number of aliphatic hydroxyl groups is 1. The third-order valence-corrected chi connectivity index (χ3v) is 12.9. The number of aliphatic hydroxyl groups excluding tert-OH is 1. The van der Waals surface area contributed by atoms with Crippen LogP contribution in [0.25, 0.3) is 0 Å². The van der Waals surface area contributed by atoms with Crippen molar-refractivity contribution >= 4 is 64.6 Å². The molecular weight excluding hydrogens is 901 g/mol. The third kappa shape index (κ3) is 10.8. The van der Waals surface area contributed by atoms with Crippen molar-refractivity contribution in [3.63, 3.8) is 0 Å². The van der Waals surface area contributed by atoms with Gasteiger partial charge in [-0.3, -0.25) is 38.7 Å². The molecule has 3 N–H and O–H groups in total. The number of unbranched alkanes of at least 4 members (excludes halogenated alkanes) is 2. The van der Waals surface area contributed by atoms with Crippen LogP contribution < -0.4 is 29.7 Å². The van der Waals surface area contributed by atoms with E-state index in [1.165, 1.54) is 29.7 Å². The number of imide groups is 1. The van der Waals surface area contributed by atoms with Crippen LogP contribution in [0.1, 0.15) is 84.2 Å². The molecule has 4 atom stereocenters. The lowest BCUT2D eigenvalue weighted by atomic mass is 9.89. The maximum Gasteiger partial charge on any atom is 0.416 e. The van der Waals surface area contributed by atoms with Crippen molar-refractivity contribution in [1.82, 2.24) is 15.1 Å². The third-order valence-electron chi connectivity index (χ3n) is 12.9. The van der Waals surface area contributed by atoms with Crippen molar-refractivity contribution in [3.05, 3.63) is 106 Å². The van der Waals surface area contributed by atoms with Gasteiger partial charge in [0.05, 0.1) is 56.4 Å². The Hall–Kier alpha value is -7.60. The molecule has 0 saturated carbocycles. The predicted octanol–water partition coefficient (Wildman–Crippen LogP) is 6.12. The molecule has 0 aromatic heterocycles. The summed E-state index contributed by atoms with van der Waals surface area (Å²) in [5, 5.41) is 17.3. The smallest absolute Gasteiger partial charge is 0.416 e. The van der Waals surface area contributed by atoms with Crippen LogP contribution in [0.5, 0.6) is 17.2 Å². The summed E-state index contributed by atoms with van der Waals surface area (Å²) in [4.78, 5) is 97.5. The molecule has 5 aliphatic rings. The van der Waals surface area contributed by atoms with Crippen LogP contribution in [0.15, 0.2) is 89.1 Å². The number of rotatable bonds is 19. The van der Waals surface area contributed by atoms with Crippen molar-refractivity contribution in [2.24, 2.45) is 16.8 Å². The standard InChI is InChI=1S/C52H56N6O12/c1-30-18-34-25-54-40-23-43(32(3)21-38(40)49(63)37(34)19-30)68-16-6-5-7-17-69-45-24-41-39(22-44(45)67-4)50(64)57-28-31(2)20-42(57)51(65)58(41)52(66)70-29-33-8-10-35(11-9-33)53-26-36(59)27-55-46(60)14-15-56-47(61)12-13-48(56)62/h8-13,19,21-25,28,34,37,42,51,53,65H,5-7,14-18,20,26-27,29H2,1-4H3,(H,55,60)/t34-,37?,42-,51-/m0/s1. The average molecular weight is 957 g/mol. The zero-order valence-corrected chi connectivity index (χ0v) is 39.5. The second kappa shape index (κ2) is 21.4. The number of fused-ring (bicyclic) bond motifs is 4. The number of hydrogen-bond acceptors (Lipinski definition) is 14. The fourth-order valence-corrected chi connectivity index (χ4v) is 9.12. The van der Waals surface area contributed by atoms with E-state index in [1.54, 1.807) is 30.5 Å². The van der Waals surface area contributed by atoms with Crippen molar-refractivity contribution in [2.75, 3.05) is 50.2 Å². The Morgan fingerprint density at radius 3 is 2.29 bits per heavy atom. The van der Waals surface area contributed by atoms with Gasteiger partial charge in [0.15, 0.2) is 29.3 Å². The Labute approximate surface area is 405 Å². The van der Waals surface area contributed by atoms with Gasteiger partial charge < -0.3 is 39.6 Å². The van der Waals surface area contributed by atoms with E-state index in [0.717, 1.165) is 52.4 Å². The Morgan fingerprint density at radius 1 is 0.829 bits per heavy atom. The lowest BCUT2D eigenvalue weighted by molar-refractivity contribution is -0.137. The van der Waals surface area contributed by atoms with Crippen molar-refractivity contribution in [2.45, 2.75) is 78.2 Å². The molecule has 18 nitrogen and oxygen atoms in total. The first-order valence-electron chi connectivity index (χ1n) is 23.4. The number of aliphatic imine (C=N–C) groups is 1. The molecule has 0 saturated heterocycles. The van der Waals surface area contributed by atoms with Gasteiger partial charge >= 0.3 is 6.09 Å². The predicted molar refractivity (Wildman–Crippen MR) is 257 cm³/mol. The topological polar surface area (TPSA) is 223 Å². The second-order valence-electron chi connectivity index (χ2n) is 18.0. The van der Waals surface area contributed by atoms with Gasteiger partial charge in [-0.15, -0.1) is 0 Å². The van der Waals surface area contributed by atoms with Crippen LogP contribution in [0.3, 0.4) is 0 Å². The normalized spacial score (nSPS) is 19.9. The summed E-state index contributed by atoms with van der Waals surface area (Å²) in [7, 11) is 1.46. The lowest BCUT2D eigenvalue weighted by Gasteiger charge is -2.31. The highest BCUT2D eigenvalue weighted by molar-refractivity contribution is 6.13. The van der Waals surface area contributed by atoms with E-state index in [2.05, 4.69) is 21.7 Å². The van der Waals surface area contributed by atoms with Crippen LogP contribution in [0.4, 0.5) is 21.9 Å². The number of carbonyl (C=O) groups excluding carboxylic acids is 7. The number of amides is 5. The van der Waals surface area contributed by atoms with Crippen LogP contribution in [0.2, 0.25) is 0 Å². The first kappa shape index (κ1) is 48.8. The molecule has 366 valence electrons. The van der Waals surface area contributed by atoms with Crippen molar-refractivity contribution in [1.29, 1.82) is 0 Å². The van der Waals surface area contributed by atoms with Gasteiger partial charge in [0.25, 0.3) is 17.7 Å². The van der Waals surface area contributed by atoms with Crippen molar-refractivity contribution < 1.29 is 57.6 Å². The quantitative estimate of drug-likeness (QED) is 0.0701. The maximum absolute atomic E-state index is 14.0. The minimum Gasteiger partial charge on any atom is -0.493 e. The number of ketones is 2. The number of allylic oxidation sites excluding steroid dienone is 2. The number of methoxy groups -OCH3 is 1. The number of Topliss-reactive ketones (excluding diaryl/α,β-unsaturated/α-hetero) is 2. The van der Waals surface area contributed by atoms with E-state index >= 15 is 0 Å². The van der Waals surface area contributed by atoms with Crippen LogP contribution in [-0.4, -0.2) is 115 Å². The molecular formula is C52H56N6O12. The Morgan fingerprint density at radius 2 is 1.56 bits per heavy atom. The summed E-state index contributed by atoms with van der Waals surface area (Å²) in [5.74, 6) is -0.964. The van der Waals surface area contributed by atoms with E-state index in [-0.39, 0.29) is 85.4 Å². The van der Waals surface area contributed by atoms with E-state index in [4.69, 9.17) is 18.9 Å². The maximum atomic E-state index is 14.0. The number of anilines is 2. The number of nitrogens with one attached hydrogen (secondary N) is 2. The van der Waals surface area contributed by atoms with Gasteiger partial charge in [-0.2, -0.15) is 0 Å². The molecule has 0 fully saturated rings. The Kier molecular flexibility index (Phi) is 14.9. The fraction of sp³-hybridized carbons (Fsp3) is 0.385. The molecule has 5 amide bonds. The highest BCUT2D eigenvalue weighted by Crippen LogP contribution is 2.43. The van der Waals surface area contributed by atoms with E-state index in [1.807, 2.05) is 39.1 Å². The van der Waals surface area contributed by atoms with Crippen LogP contribution >= 0.6 is 0 Å². The number of nitrogens with zero attached hydrogens (tertiary/aromatic N) is 4. The lowest BCUT2D eigenvalue weighted by Crippen LogP contribution is -2.50. The fourth-order valence-electron chi connectivity index (χ4n) is 9.12. The largest absolute Gasteiger partial charge is 0.493 e. The number of ether oxygens (including phenoxy) is 4. The zero-order chi connectivity index (χ0) is 49.6. The van der Waals surface area contributed by atoms with Gasteiger partial charge in [-0.1, -0.05) is 29.4 Å². The van der Waals surface area contributed by atoms with Crippen LogP contribution in [0, 0.1) is 18.8 Å². The van der Waals surface area contributed by atoms with Crippen LogP contribution in [-0.2, 0) is 30.5 Å². The summed E-state index contributed by atoms with van der Waals surface area (Å²) in [6, 6.07) is 12.7. The number of benzene rings is 3. The van der Waals surface area contributed by atoms with Gasteiger partial charge in [0, 0.05) is 72.8 Å². The number of carbonyl (C=O) groups is 7. The zero-order valence-electron chi connectivity index (χ0n) is 39.5. The minimum absolute atomic E-state index is 0.0835. The van der Waals surface area contributed by atoms with Gasteiger partial charge in [0.2, 0.25) is 5.91 Å². The highest BCUT2D eigenvalue weighted by Gasteiger charge is 2.45. The van der Waals surface area contributed by atoms with Gasteiger partial charge in [0.1, 0.15) is 12.4 Å². The molecule has 3 aromatic rings. The molecule has 0 spiro atoms. The Balaban J connectivity index is 0.842. The number of hydrogen-bond donors (Lipinski definition) is 3. The van der Waals surface area contributed by atoms with Gasteiger partial charge in [-0.25, -0.2) is 9.69 Å². The van der Waals surface area contributed by atoms with E-state index < -0.39 is 42.0 Å². The average Bonchev–Trinajstić information content (AvgIpc) is 4.00. The van der Waals surface area contributed by atoms with E-state index in [9.17, 15) is 38.7 Å². The summed E-state index contributed by atoms with van der Waals surface area (Å²) in [5.41, 5.74) is 5.57. The molecule has 8 rings (SSSR count). The molecule has 4 aliphatic heterocycles. The summed E-state index contributed by atoms with van der Waals surface area (Å²) >= 11 is 0. The number of aryl methyl sites for hydroxylation is 1. The second-order valence-corrected chi connectivity index (χ2v) is 18.0. The SMILES string of the molecule is COc1cc2c(cc1OCCCCCOc1cc3c(cc1C)C(=O)C1C=C(C)C[C@H]1C=N3)N(C(=O)OCc1ccc(NCC(=O)CNC(=O)CCN3C(=O)C=CC3=O)cc1)[C@@H](O)[C@@H]1CC(C)=CN1C2=O. The summed E-state index contributed by atoms with van der Waals surface area (Å²) in [6.45, 7) is 5.92. The highest BCUT2D eigenvalue weighted by atomic mass is 16.6. The molecule has 1 aliphatic carbocycles. The Bertz CT molecular complexity index is 2710. The van der Waals surface area contributed by atoms with Gasteiger partial charge in [-0.05, 0) is 88.3 Å². The minimum atomic E-state index is -1.48. The molecule has 18 heteroatoms. The molecule has 4 heterocycles. The summed E-state index contributed by atoms with van der Waals surface area (Å²) < 4.78 is 23.8. The molecule has 1 unspecified atom stereocenters. The monoisotopic (exact) mass is 956 g/mol. The molecule has 0 radical (unpaired) electrons. The van der Waals surface area contributed by atoms with Crippen molar-refractivity contribution in [3.8, 4) is 17.2 Å². The first-order chi connectivity index (χ1) is 33.7.